The maximum Gasteiger partial charge on any atom is 0.256 e. The van der Waals surface area contributed by atoms with Crippen molar-refractivity contribution in [1.29, 1.82) is 5.26 Å². The fourth-order valence-electron chi connectivity index (χ4n) is 2.55. The first-order valence-corrected chi connectivity index (χ1v) is 10.0. The summed E-state index contributed by atoms with van der Waals surface area (Å²) in [6.45, 7) is 0. The van der Waals surface area contributed by atoms with Crippen molar-refractivity contribution in [3.8, 4) is 6.07 Å². The lowest BCUT2D eigenvalue weighted by molar-refractivity contribution is -0.113. The molecular formula is C22H16ClN3O2S. The minimum atomic E-state index is -0.280. The molecule has 3 aromatic rings. The second-order valence-electron chi connectivity index (χ2n) is 5.99. The SMILES string of the molecule is N#Cc1cccc(NC(=O)CSc2ccccc2C(=O)Nc2cccc(Cl)c2)c1. The first-order valence-electron chi connectivity index (χ1n) is 8.64. The summed E-state index contributed by atoms with van der Waals surface area (Å²) in [5.74, 6) is -0.384. The van der Waals surface area contributed by atoms with Crippen LogP contribution in [-0.2, 0) is 4.79 Å². The van der Waals surface area contributed by atoms with Crippen molar-refractivity contribution < 1.29 is 9.59 Å². The number of hydrogen-bond acceptors (Lipinski definition) is 4. The van der Waals surface area contributed by atoms with Crippen molar-refractivity contribution in [2.45, 2.75) is 4.90 Å². The predicted octanol–water partition coefficient (Wildman–Crippen LogP) is 5.19. The first-order chi connectivity index (χ1) is 14.0. The molecule has 0 fully saturated rings. The van der Waals surface area contributed by atoms with E-state index in [9.17, 15) is 9.59 Å². The van der Waals surface area contributed by atoms with Crippen molar-refractivity contribution in [2.24, 2.45) is 0 Å². The normalized spacial score (nSPS) is 10.1. The van der Waals surface area contributed by atoms with Crippen molar-refractivity contribution >= 4 is 46.6 Å². The molecule has 0 bridgehead atoms. The first kappa shape index (κ1) is 20.5. The van der Waals surface area contributed by atoms with Crippen LogP contribution in [0.2, 0.25) is 5.02 Å². The van der Waals surface area contributed by atoms with E-state index in [1.165, 1.54) is 11.8 Å². The molecule has 0 unspecified atom stereocenters. The van der Waals surface area contributed by atoms with Crippen LogP contribution in [0.25, 0.3) is 0 Å². The number of amides is 2. The second-order valence-corrected chi connectivity index (χ2v) is 7.44. The molecule has 3 rings (SSSR count). The Labute approximate surface area is 177 Å². The summed E-state index contributed by atoms with van der Waals surface area (Å²) >= 11 is 7.22. The van der Waals surface area contributed by atoms with Crippen molar-refractivity contribution in [1.82, 2.24) is 0 Å². The Balaban J connectivity index is 1.65. The molecule has 0 heterocycles. The van der Waals surface area contributed by atoms with Gasteiger partial charge in [-0.05, 0) is 48.5 Å². The zero-order valence-electron chi connectivity index (χ0n) is 15.2. The van der Waals surface area contributed by atoms with Crippen LogP contribution in [-0.4, -0.2) is 17.6 Å². The highest BCUT2D eigenvalue weighted by molar-refractivity contribution is 8.00. The molecule has 0 aliphatic heterocycles. The Morgan fingerprint density at radius 3 is 2.41 bits per heavy atom. The summed E-state index contributed by atoms with van der Waals surface area (Å²) in [5.41, 5.74) is 2.09. The Morgan fingerprint density at radius 1 is 0.931 bits per heavy atom. The molecular weight excluding hydrogens is 406 g/mol. The molecule has 3 aromatic carbocycles. The van der Waals surface area contributed by atoms with Gasteiger partial charge in [0.05, 0.1) is 22.9 Å². The van der Waals surface area contributed by atoms with Gasteiger partial charge in [-0.3, -0.25) is 9.59 Å². The number of nitrogens with zero attached hydrogens (tertiary/aromatic N) is 1. The lowest BCUT2D eigenvalue weighted by Gasteiger charge is -2.10. The molecule has 2 N–H and O–H groups in total. The number of nitriles is 1. The van der Waals surface area contributed by atoms with Crippen LogP contribution in [0.1, 0.15) is 15.9 Å². The number of carbonyl (C=O) groups excluding carboxylic acids is 2. The summed E-state index contributed by atoms with van der Waals surface area (Å²) in [6.07, 6.45) is 0. The summed E-state index contributed by atoms with van der Waals surface area (Å²) < 4.78 is 0. The number of thioether (sulfide) groups is 1. The van der Waals surface area contributed by atoms with Gasteiger partial charge in [0.15, 0.2) is 0 Å². The van der Waals surface area contributed by atoms with Gasteiger partial charge in [-0.2, -0.15) is 5.26 Å². The lowest BCUT2D eigenvalue weighted by Crippen LogP contribution is -2.16. The van der Waals surface area contributed by atoms with Crippen molar-refractivity contribution in [3.63, 3.8) is 0 Å². The fraction of sp³-hybridized carbons (Fsp3) is 0.0455. The molecule has 0 radical (unpaired) electrons. The van der Waals surface area contributed by atoms with Gasteiger partial charge in [-0.25, -0.2) is 0 Å². The zero-order chi connectivity index (χ0) is 20.6. The van der Waals surface area contributed by atoms with E-state index >= 15 is 0 Å². The van der Waals surface area contributed by atoms with E-state index in [2.05, 4.69) is 10.6 Å². The van der Waals surface area contributed by atoms with E-state index in [0.717, 1.165) is 0 Å². The standard InChI is InChI=1S/C22H16ClN3O2S/c23-16-6-4-8-18(12-16)26-22(28)19-9-1-2-10-20(19)29-14-21(27)25-17-7-3-5-15(11-17)13-24/h1-12H,14H2,(H,25,27)(H,26,28). The largest absolute Gasteiger partial charge is 0.325 e. The summed E-state index contributed by atoms with van der Waals surface area (Å²) in [4.78, 5) is 25.6. The van der Waals surface area contributed by atoms with Crippen LogP contribution in [0.3, 0.4) is 0 Å². The third-order valence-electron chi connectivity index (χ3n) is 3.85. The number of rotatable bonds is 6. The highest BCUT2D eigenvalue weighted by atomic mass is 35.5. The minimum absolute atomic E-state index is 0.123. The van der Waals surface area contributed by atoms with Crippen molar-refractivity contribution in [2.75, 3.05) is 16.4 Å². The Morgan fingerprint density at radius 2 is 1.66 bits per heavy atom. The van der Waals surface area contributed by atoms with E-state index in [1.54, 1.807) is 66.7 Å². The Bertz CT molecular complexity index is 1100. The maximum atomic E-state index is 12.7. The monoisotopic (exact) mass is 421 g/mol. The van der Waals surface area contributed by atoms with Gasteiger partial charge in [0.2, 0.25) is 5.91 Å². The highest BCUT2D eigenvalue weighted by Gasteiger charge is 2.13. The number of halogens is 1. The molecule has 0 atom stereocenters. The molecule has 5 nitrogen and oxygen atoms in total. The van der Waals surface area contributed by atoms with Gasteiger partial charge in [0.25, 0.3) is 5.91 Å². The number of nitrogens with one attached hydrogen (secondary N) is 2. The van der Waals surface area contributed by atoms with E-state index in [4.69, 9.17) is 16.9 Å². The summed E-state index contributed by atoms with van der Waals surface area (Å²) in [5, 5.41) is 15.0. The Hall–Kier alpha value is -3.27. The smallest absolute Gasteiger partial charge is 0.256 e. The van der Waals surface area contributed by atoms with Crippen LogP contribution < -0.4 is 10.6 Å². The summed E-state index contributed by atoms with van der Waals surface area (Å²) in [6, 6.07) is 22.7. The molecule has 0 aliphatic rings. The molecule has 7 heteroatoms. The van der Waals surface area contributed by atoms with Crippen LogP contribution in [0, 0.1) is 11.3 Å². The molecule has 0 spiro atoms. The number of carbonyl (C=O) groups is 2. The van der Waals surface area contributed by atoms with Crippen LogP contribution in [0.5, 0.6) is 0 Å². The fourth-order valence-corrected chi connectivity index (χ4v) is 3.59. The van der Waals surface area contributed by atoms with Gasteiger partial charge in [-0.1, -0.05) is 35.9 Å². The lowest BCUT2D eigenvalue weighted by atomic mass is 10.2. The number of benzene rings is 3. The maximum absolute atomic E-state index is 12.7. The van der Waals surface area contributed by atoms with E-state index in [-0.39, 0.29) is 17.6 Å². The highest BCUT2D eigenvalue weighted by Crippen LogP contribution is 2.24. The molecule has 29 heavy (non-hydrogen) atoms. The molecule has 0 aromatic heterocycles. The molecule has 0 saturated carbocycles. The van der Waals surface area contributed by atoms with Gasteiger partial charge in [-0.15, -0.1) is 11.8 Å². The topological polar surface area (TPSA) is 82.0 Å². The average Bonchev–Trinajstić information content (AvgIpc) is 2.72. The van der Waals surface area contributed by atoms with Crippen LogP contribution in [0.4, 0.5) is 11.4 Å². The summed E-state index contributed by atoms with van der Waals surface area (Å²) in [7, 11) is 0. The van der Waals surface area contributed by atoms with Gasteiger partial charge >= 0.3 is 0 Å². The van der Waals surface area contributed by atoms with E-state index in [1.807, 2.05) is 12.1 Å². The molecule has 144 valence electrons. The van der Waals surface area contributed by atoms with E-state index in [0.29, 0.717) is 32.4 Å². The van der Waals surface area contributed by atoms with E-state index < -0.39 is 0 Å². The molecule has 0 saturated heterocycles. The molecule has 0 aliphatic carbocycles. The van der Waals surface area contributed by atoms with Crippen LogP contribution in [0.15, 0.2) is 77.7 Å². The third-order valence-corrected chi connectivity index (χ3v) is 5.16. The number of anilines is 2. The van der Waals surface area contributed by atoms with Gasteiger partial charge < -0.3 is 10.6 Å². The average molecular weight is 422 g/mol. The minimum Gasteiger partial charge on any atom is -0.325 e. The quantitative estimate of drug-likeness (QED) is 0.536. The van der Waals surface area contributed by atoms with Crippen LogP contribution >= 0.6 is 23.4 Å². The van der Waals surface area contributed by atoms with Gasteiger partial charge in [0, 0.05) is 21.3 Å². The number of hydrogen-bond donors (Lipinski definition) is 2. The predicted molar refractivity (Wildman–Crippen MR) is 116 cm³/mol. The second kappa shape index (κ2) is 9.78. The van der Waals surface area contributed by atoms with Crippen molar-refractivity contribution in [3.05, 3.63) is 88.9 Å². The Kier molecular flexibility index (Phi) is 6.90. The van der Waals surface area contributed by atoms with Gasteiger partial charge in [0.1, 0.15) is 0 Å². The third kappa shape index (κ3) is 5.85. The molecule has 2 amide bonds. The zero-order valence-corrected chi connectivity index (χ0v) is 16.8.